The number of nitrogens with one attached hydrogen (secondary N) is 1. The number of aromatic carboxylic acids is 1. The zero-order valence-electron chi connectivity index (χ0n) is 9.10. The maximum Gasteiger partial charge on any atom is 0.336 e. The average Bonchev–Trinajstić information content (AvgIpc) is 2.36. The Labute approximate surface area is 97.1 Å². The fourth-order valence-electron chi connectivity index (χ4n) is 1.60. The number of carboxylic acids is 1. The Morgan fingerprint density at radius 2 is 2.00 bits per heavy atom. The number of aromatic nitrogens is 1. The Hall–Kier alpha value is -2.43. The molecular weight excluding hydrogens is 220 g/mol. The first-order valence-corrected chi connectivity index (χ1v) is 4.98. The van der Waals surface area contributed by atoms with E-state index in [0.717, 1.165) is 0 Å². The van der Waals surface area contributed by atoms with E-state index in [1.54, 1.807) is 24.3 Å². The van der Waals surface area contributed by atoms with Gasteiger partial charge in [0.2, 0.25) is 0 Å². The molecule has 1 aromatic carbocycles. The lowest BCUT2D eigenvalue weighted by Crippen LogP contribution is -2.20. The van der Waals surface area contributed by atoms with Crippen LogP contribution < -0.4 is 5.32 Å². The van der Waals surface area contributed by atoms with Gasteiger partial charge in [0.25, 0.3) is 5.91 Å². The zero-order chi connectivity index (χ0) is 12.4. The van der Waals surface area contributed by atoms with E-state index >= 15 is 0 Å². The zero-order valence-corrected chi connectivity index (χ0v) is 9.10. The Balaban J connectivity index is 2.76. The third-order valence-electron chi connectivity index (χ3n) is 2.41. The van der Waals surface area contributed by atoms with Crippen LogP contribution in [0, 0.1) is 0 Å². The minimum absolute atomic E-state index is 0.0780. The fraction of sp³-hybridized carbons (Fsp3) is 0.0833. The van der Waals surface area contributed by atoms with Gasteiger partial charge in [-0.3, -0.25) is 4.79 Å². The third kappa shape index (κ3) is 1.94. The smallest absolute Gasteiger partial charge is 0.336 e. The molecule has 0 aliphatic carbocycles. The number of fused-ring (bicyclic) bond motifs is 1. The number of para-hydroxylation sites is 1. The Morgan fingerprint density at radius 3 is 2.65 bits per heavy atom. The van der Waals surface area contributed by atoms with Gasteiger partial charge in [-0.15, -0.1) is 0 Å². The van der Waals surface area contributed by atoms with Crippen LogP contribution in [0.15, 0.2) is 30.3 Å². The maximum absolute atomic E-state index is 11.5. The van der Waals surface area contributed by atoms with Crippen LogP contribution in [0.5, 0.6) is 0 Å². The van der Waals surface area contributed by atoms with Crippen LogP contribution in [0.4, 0.5) is 0 Å². The summed E-state index contributed by atoms with van der Waals surface area (Å²) in [5.74, 6) is -1.48. The summed E-state index contributed by atoms with van der Waals surface area (Å²) in [5.41, 5.74) is 0.670. The molecule has 1 heterocycles. The molecule has 0 atom stereocenters. The molecule has 1 aromatic heterocycles. The Morgan fingerprint density at radius 1 is 1.29 bits per heavy atom. The number of amides is 1. The number of hydrogen-bond acceptors (Lipinski definition) is 3. The molecule has 86 valence electrons. The summed E-state index contributed by atoms with van der Waals surface area (Å²) in [5, 5.41) is 12.0. The molecule has 2 N–H and O–H groups in total. The van der Waals surface area contributed by atoms with E-state index < -0.39 is 11.9 Å². The number of hydrogen-bond donors (Lipinski definition) is 2. The predicted octanol–water partition coefficient (Wildman–Crippen LogP) is 1.29. The van der Waals surface area contributed by atoms with Gasteiger partial charge < -0.3 is 10.4 Å². The number of carbonyl (C=O) groups excluding carboxylic acids is 1. The summed E-state index contributed by atoms with van der Waals surface area (Å²) in [6.07, 6.45) is 0. The second kappa shape index (κ2) is 4.21. The highest BCUT2D eigenvalue weighted by molar-refractivity contribution is 6.05. The SMILES string of the molecule is CNC(=O)c1cc(C(=O)O)c2ccccc2n1. The highest BCUT2D eigenvalue weighted by atomic mass is 16.4. The van der Waals surface area contributed by atoms with Gasteiger partial charge in [-0.2, -0.15) is 0 Å². The first-order valence-electron chi connectivity index (χ1n) is 4.98. The molecule has 0 unspecified atom stereocenters. The molecule has 5 nitrogen and oxygen atoms in total. The summed E-state index contributed by atoms with van der Waals surface area (Å²) < 4.78 is 0. The van der Waals surface area contributed by atoms with E-state index in [1.807, 2.05) is 0 Å². The number of benzene rings is 1. The Bertz CT molecular complexity index is 608. The van der Waals surface area contributed by atoms with E-state index in [1.165, 1.54) is 13.1 Å². The second-order valence-electron chi connectivity index (χ2n) is 3.46. The minimum atomic E-state index is -1.08. The highest BCUT2D eigenvalue weighted by Gasteiger charge is 2.14. The third-order valence-corrected chi connectivity index (χ3v) is 2.41. The van der Waals surface area contributed by atoms with Crippen LogP contribution in [0.25, 0.3) is 10.9 Å². The molecule has 2 aromatic rings. The molecule has 0 bridgehead atoms. The van der Waals surface area contributed by atoms with E-state index in [0.29, 0.717) is 10.9 Å². The van der Waals surface area contributed by atoms with Crippen molar-refractivity contribution in [3.05, 3.63) is 41.6 Å². The van der Waals surface area contributed by atoms with Crippen molar-refractivity contribution < 1.29 is 14.7 Å². The van der Waals surface area contributed by atoms with Crippen molar-refractivity contribution in [1.82, 2.24) is 10.3 Å². The summed E-state index contributed by atoms with van der Waals surface area (Å²) in [6, 6.07) is 8.10. The molecular formula is C12H10N2O3. The first-order chi connectivity index (χ1) is 8.13. The largest absolute Gasteiger partial charge is 0.478 e. The normalized spacial score (nSPS) is 10.2. The van der Waals surface area contributed by atoms with Crippen LogP contribution in [0.3, 0.4) is 0 Å². The number of carboxylic acid groups (broad SMARTS) is 1. The second-order valence-corrected chi connectivity index (χ2v) is 3.46. The lowest BCUT2D eigenvalue weighted by atomic mass is 10.1. The van der Waals surface area contributed by atoms with Gasteiger partial charge in [0.05, 0.1) is 11.1 Å². The van der Waals surface area contributed by atoms with Crippen molar-refractivity contribution in [3.63, 3.8) is 0 Å². The van der Waals surface area contributed by atoms with Crippen molar-refractivity contribution in [2.24, 2.45) is 0 Å². The molecule has 0 saturated carbocycles. The molecule has 0 radical (unpaired) electrons. The number of rotatable bonds is 2. The molecule has 0 fully saturated rings. The summed E-state index contributed by atoms with van der Waals surface area (Å²) in [6.45, 7) is 0. The van der Waals surface area contributed by atoms with E-state index in [-0.39, 0.29) is 11.3 Å². The molecule has 0 spiro atoms. The molecule has 0 saturated heterocycles. The van der Waals surface area contributed by atoms with Crippen molar-refractivity contribution in [3.8, 4) is 0 Å². The van der Waals surface area contributed by atoms with Gasteiger partial charge in [-0.1, -0.05) is 18.2 Å². The van der Waals surface area contributed by atoms with Gasteiger partial charge in [0.15, 0.2) is 0 Å². The van der Waals surface area contributed by atoms with Crippen LogP contribution in [-0.2, 0) is 0 Å². The molecule has 5 heteroatoms. The summed E-state index contributed by atoms with van der Waals surface area (Å²) in [7, 11) is 1.47. The predicted molar refractivity (Wildman–Crippen MR) is 62.1 cm³/mol. The molecule has 0 aliphatic rings. The standard InChI is InChI=1S/C12H10N2O3/c1-13-11(15)10-6-8(12(16)17)7-4-2-3-5-9(7)14-10/h2-6H,1H3,(H,13,15)(H,16,17). The monoisotopic (exact) mass is 230 g/mol. The van der Waals surface area contributed by atoms with E-state index in [2.05, 4.69) is 10.3 Å². The van der Waals surface area contributed by atoms with Crippen LogP contribution in [0.2, 0.25) is 0 Å². The van der Waals surface area contributed by atoms with Crippen molar-refractivity contribution in [2.75, 3.05) is 7.05 Å². The summed E-state index contributed by atoms with van der Waals surface area (Å²) in [4.78, 5) is 26.7. The molecule has 0 aliphatic heterocycles. The van der Waals surface area contributed by atoms with Gasteiger partial charge in [-0.25, -0.2) is 9.78 Å². The average molecular weight is 230 g/mol. The van der Waals surface area contributed by atoms with E-state index in [9.17, 15) is 9.59 Å². The quantitative estimate of drug-likeness (QED) is 0.814. The van der Waals surface area contributed by atoms with Crippen LogP contribution in [0.1, 0.15) is 20.8 Å². The van der Waals surface area contributed by atoms with Crippen LogP contribution >= 0.6 is 0 Å². The minimum Gasteiger partial charge on any atom is -0.478 e. The van der Waals surface area contributed by atoms with Crippen molar-refractivity contribution >= 4 is 22.8 Å². The number of pyridine rings is 1. The number of nitrogens with zero attached hydrogens (tertiary/aromatic N) is 1. The molecule has 2 rings (SSSR count). The first kappa shape index (κ1) is 11.1. The molecule has 1 amide bonds. The highest BCUT2D eigenvalue weighted by Crippen LogP contribution is 2.18. The van der Waals surface area contributed by atoms with E-state index in [4.69, 9.17) is 5.11 Å². The van der Waals surface area contributed by atoms with Gasteiger partial charge >= 0.3 is 5.97 Å². The lowest BCUT2D eigenvalue weighted by Gasteiger charge is -2.05. The fourth-order valence-corrected chi connectivity index (χ4v) is 1.60. The Kier molecular flexibility index (Phi) is 2.74. The van der Waals surface area contributed by atoms with Crippen molar-refractivity contribution in [2.45, 2.75) is 0 Å². The van der Waals surface area contributed by atoms with Crippen molar-refractivity contribution in [1.29, 1.82) is 0 Å². The number of carbonyl (C=O) groups is 2. The maximum atomic E-state index is 11.5. The molecule has 17 heavy (non-hydrogen) atoms. The topological polar surface area (TPSA) is 79.3 Å². The van der Waals surface area contributed by atoms with Gasteiger partial charge in [0.1, 0.15) is 5.69 Å². The lowest BCUT2D eigenvalue weighted by molar-refractivity contribution is 0.0699. The van der Waals surface area contributed by atoms with Gasteiger partial charge in [-0.05, 0) is 12.1 Å². The van der Waals surface area contributed by atoms with Gasteiger partial charge in [0, 0.05) is 12.4 Å². The van der Waals surface area contributed by atoms with Crippen LogP contribution in [-0.4, -0.2) is 29.0 Å². The summed E-state index contributed by atoms with van der Waals surface area (Å²) >= 11 is 0.